The molecule has 0 radical (unpaired) electrons. The highest BCUT2D eigenvalue weighted by atomic mass is 16.3. The molecule has 4 heteroatoms. The summed E-state index contributed by atoms with van der Waals surface area (Å²) >= 11 is 0. The molecule has 22 rings (SSSR count). The van der Waals surface area contributed by atoms with Gasteiger partial charge in [-0.3, -0.25) is 0 Å². The van der Waals surface area contributed by atoms with Gasteiger partial charge in [0, 0.05) is 72.1 Å². The van der Waals surface area contributed by atoms with Crippen molar-refractivity contribution in [3.63, 3.8) is 0 Å². The van der Waals surface area contributed by atoms with Crippen LogP contribution in [-0.4, -0.2) is 0 Å². The van der Waals surface area contributed by atoms with Gasteiger partial charge in [-0.1, -0.05) is 335 Å². The fourth-order valence-corrected chi connectivity index (χ4v) is 18.3. The number of fused-ring (bicyclic) bond motifs is 19. The monoisotopic (exact) mass is 1400 g/mol. The van der Waals surface area contributed by atoms with E-state index in [0.29, 0.717) is 0 Å². The molecule has 2 aromatic heterocycles. The second-order valence-corrected chi connectivity index (χ2v) is 29.7. The van der Waals surface area contributed by atoms with Gasteiger partial charge in [-0.2, -0.15) is 0 Å². The maximum atomic E-state index is 6.41. The molecule has 2 heterocycles. The molecule has 0 aliphatic heterocycles. The Kier molecular flexibility index (Phi) is 15.1. The molecular weight excluding hydrogens is 1330 g/mol. The maximum absolute atomic E-state index is 6.41. The van der Waals surface area contributed by atoms with Crippen LogP contribution in [-0.2, 0) is 10.8 Å². The Labute approximate surface area is 640 Å². The molecule has 1 spiro atoms. The molecule has 0 fully saturated rings. The first-order chi connectivity index (χ1) is 54.3. The molecule has 3 aliphatic carbocycles. The Morgan fingerprint density at radius 1 is 0.200 bits per heavy atom. The third-order valence-electron chi connectivity index (χ3n) is 23.4. The summed E-state index contributed by atoms with van der Waals surface area (Å²) in [6, 6.07) is 145. The summed E-state index contributed by atoms with van der Waals surface area (Å²) < 4.78 is 12.8. The van der Waals surface area contributed by atoms with E-state index in [9.17, 15) is 0 Å². The van der Waals surface area contributed by atoms with Crippen LogP contribution >= 0.6 is 0 Å². The van der Waals surface area contributed by atoms with Gasteiger partial charge in [0.05, 0.1) is 11.1 Å². The first-order valence-electron chi connectivity index (χ1n) is 38.0. The van der Waals surface area contributed by atoms with Crippen molar-refractivity contribution in [1.29, 1.82) is 0 Å². The SMILES string of the molecule is CC1(C)c2ccccc2-c2ccc(N(c3ccc4c(c3)C3(c5ccccc5-c5ccccc53)c3ccccc3-4)c3ccccc3-c3ccccc3)cc21.c1ccc(-c2ccc(-c3ccc(N(c4ccc(-c5cccc6c5oc5ccccc56)cc4)c4ccc(-c5cccc6c5oc5ccccc56)cc4)cc3)cc2)cc1. The number of nitrogens with zero attached hydrogens (tertiary/aromatic N) is 2. The van der Waals surface area contributed by atoms with Crippen LogP contribution in [0.4, 0.5) is 34.1 Å². The summed E-state index contributed by atoms with van der Waals surface area (Å²) in [5, 5.41) is 4.52. The summed E-state index contributed by atoms with van der Waals surface area (Å²) in [4.78, 5) is 4.82. The number of benzene rings is 17. The average Bonchev–Trinajstić information content (AvgIpc) is 1.51. The van der Waals surface area contributed by atoms with E-state index in [0.717, 1.165) is 100 Å². The van der Waals surface area contributed by atoms with E-state index in [4.69, 9.17) is 8.83 Å². The van der Waals surface area contributed by atoms with Gasteiger partial charge in [0.2, 0.25) is 0 Å². The van der Waals surface area contributed by atoms with Gasteiger partial charge < -0.3 is 18.6 Å². The van der Waals surface area contributed by atoms with E-state index >= 15 is 0 Å². The fraction of sp³-hybridized carbons (Fsp3) is 0.0377. The molecule has 0 bridgehead atoms. The lowest BCUT2D eigenvalue weighted by molar-refractivity contribution is 0.660. The zero-order valence-electron chi connectivity index (χ0n) is 60.8. The Hall–Kier alpha value is -14.1. The number of hydrogen-bond acceptors (Lipinski definition) is 4. The average molecular weight is 1410 g/mol. The topological polar surface area (TPSA) is 32.8 Å². The molecule has 3 aliphatic rings. The standard InChI is InChI=1S/C54H35NO2.C52H37N/c1-2-10-36(11-3-1)37-20-22-38(23-21-37)39-24-30-42(31-25-39)55(43-32-26-40(27-33-43)45-14-8-16-49-47-12-4-6-18-51(47)56-53(45)49)44-34-28-41(29-35-44)46-15-9-17-50-48-13-5-7-19-52(48)57-54(46)50;1-51(2)44-23-11-6-19-38(44)42-30-28-35(32-48(42)51)53(50-27-15-10-18-37(50)34-16-4-3-5-17-34)36-29-31-43-41-22-9-14-26-47(41)52(49(43)33-36)45-24-12-7-20-39(45)40-21-8-13-25-46(40)52/h1-35H;3-33H,1-2H3. The van der Waals surface area contributed by atoms with Crippen molar-refractivity contribution in [2.24, 2.45) is 0 Å². The molecule has 4 nitrogen and oxygen atoms in total. The normalized spacial score (nSPS) is 13.0. The van der Waals surface area contributed by atoms with Gasteiger partial charge in [0.1, 0.15) is 22.3 Å². The van der Waals surface area contributed by atoms with E-state index in [2.05, 4.69) is 400 Å². The van der Waals surface area contributed by atoms with Crippen LogP contribution in [0.25, 0.3) is 133 Å². The molecule has 0 atom stereocenters. The predicted molar refractivity (Wildman–Crippen MR) is 458 cm³/mol. The molecule has 19 aromatic rings. The minimum absolute atomic E-state index is 0.118. The highest BCUT2D eigenvalue weighted by molar-refractivity contribution is 6.11. The fourth-order valence-electron chi connectivity index (χ4n) is 18.3. The smallest absolute Gasteiger partial charge is 0.143 e. The Morgan fingerprint density at radius 2 is 0.509 bits per heavy atom. The highest BCUT2D eigenvalue weighted by Crippen LogP contribution is 2.64. The number of rotatable bonds is 11. The molecular formula is C106H72N2O2. The van der Waals surface area contributed by atoms with Gasteiger partial charge in [0.15, 0.2) is 0 Å². The number of furan rings is 2. The van der Waals surface area contributed by atoms with Crippen molar-refractivity contribution >= 4 is 78.0 Å². The van der Waals surface area contributed by atoms with Crippen LogP contribution in [0.15, 0.2) is 409 Å². The van der Waals surface area contributed by atoms with Gasteiger partial charge in [-0.25, -0.2) is 0 Å². The van der Waals surface area contributed by atoms with Gasteiger partial charge in [-0.15, -0.1) is 0 Å². The van der Waals surface area contributed by atoms with Crippen molar-refractivity contribution in [2.75, 3.05) is 9.80 Å². The maximum Gasteiger partial charge on any atom is 0.143 e. The molecule has 17 aromatic carbocycles. The van der Waals surface area contributed by atoms with Gasteiger partial charge >= 0.3 is 0 Å². The van der Waals surface area contributed by atoms with Crippen LogP contribution in [0, 0.1) is 0 Å². The van der Waals surface area contributed by atoms with E-state index in [-0.39, 0.29) is 5.41 Å². The molecule has 0 N–H and O–H groups in total. The quantitative estimate of drug-likeness (QED) is 0.129. The molecule has 0 saturated heterocycles. The van der Waals surface area contributed by atoms with Crippen molar-refractivity contribution in [1.82, 2.24) is 0 Å². The van der Waals surface area contributed by atoms with E-state index in [1.54, 1.807) is 0 Å². The Bertz CT molecular complexity index is 6560. The lowest BCUT2D eigenvalue weighted by atomic mass is 9.70. The van der Waals surface area contributed by atoms with Crippen LogP contribution in [0.2, 0.25) is 0 Å². The summed E-state index contributed by atoms with van der Waals surface area (Å²) in [7, 11) is 0. The van der Waals surface area contributed by atoms with Crippen molar-refractivity contribution < 1.29 is 8.83 Å². The van der Waals surface area contributed by atoms with Crippen LogP contribution in [0.1, 0.15) is 47.2 Å². The van der Waals surface area contributed by atoms with Crippen LogP contribution < -0.4 is 9.80 Å². The van der Waals surface area contributed by atoms with Crippen molar-refractivity contribution in [2.45, 2.75) is 24.7 Å². The molecule has 0 amide bonds. The summed E-state index contributed by atoms with van der Waals surface area (Å²) in [6.45, 7) is 4.74. The summed E-state index contributed by atoms with van der Waals surface area (Å²) in [6.07, 6.45) is 0. The zero-order valence-corrected chi connectivity index (χ0v) is 60.8. The van der Waals surface area contributed by atoms with E-state index in [1.165, 1.54) is 100 Å². The minimum atomic E-state index is -0.415. The second-order valence-electron chi connectivity index (χ2n) is 29.7. The third-order valence-corrected chi connectivity index (χ3v) is 23.4. The number of hydrogen-bond donors (Lipinski definition) is 0. The summed E-state index contributed by atoms with van der Waals surface area (Å²) in [5.74, 6) is 0. The van der Waals surface area contributed by atoms with Crippen LogP contribution in [0.3, 0.4) is 0 Å². The molecule has 0 unspecified atom stereocenters. The second kappa shape index (κ2) is 25.9. The van der Waals surface area contributed by atoms with Crippen molar-refractivity contribution in [3.05, 3.63) is 434 Å². The Morgan fingerprint density at radius 3 is 0.991 bits per heavy atom. The number of para-hydroxylation sites is 5. The van der Waals surface area contributed by atoms with Crippen LogP contribution in [0.5, 0.6) is 0 Å². The van der Waals surface area contributed by atoms with Crippen molar-refractivity contribution in [3.8, 4) is 89.0 Å². The predicted octanol–water partition coefficient (Wildman–Crippen LogP) is 29.1. The number of anilines is 6. The van der Waals surface area contributed by atoms with E-state index in [1.807, 2.05) is 24.3 Å². The third kappa shape index (κ3) is 10.3. The first-order valence-corrected chi connectivity index (χ1v) is 38.0. The zero-order chi connectivity index (χ0) is 73.0. The van der Waals surface area contributed by atoms with Gasteiger partial charge in [-0.05, 0) is 185 Å². The first kappa shape index (κ1) is 64.3. The highest BCUT2D eigenvalue weighted by Gasteiger charge is 2.52. The molecule has 518 valence electrons. The lowest BCUT2D eigenvalue weighted by Gasteiger charge is -2.33. The molecule has 110 heavy (non-hydrogen) atoms. The largest absolute Gasteiger partial charge is 0.455 e. The Balaban J connectivity index is 0.000000140. The van der Waals surface area contributed by atoms with E-state index < -0.39 is 5.41 Å². The summed E-state index contributed by atoms with van der Waals surface area (Å²) in [5.41, 5.74) is 37.4. The minimum Gasteiger partial charge on any atom is -0.455 e. The molecule has 0 saturated carbocycles. The van der Waals surface area contributed by atoms with Gasteiger partial charge in [0.25, 0.3) is 0 Å². The lowest BCUT2D eigenvalue weighted by Crippen LogP contribution is -2.26.